The molecule has 0 aliphatic heterocycles. The van der Waals surface area contributed by atoms with Crippen molar-refractivity contribution in [1.82, 2.24) is 14.8 Å². The van der Waals surface area contributed by atoms with Crippen LogP contribution in [0.5, 0.6) is 5.75 Å². The Morgan fingerprint density at radius 1 is 1.29 bits per heavy atom. The van der Waals surface area contributed by atoms with Crippen LogP contribution in [0.3, 0.4) is 0 Å². The third-order valence-corrected chi connectivity index (χ3v) is 3.85. The van der Waals surface area contributed by atoms with Gasteiger partial charge in [-0.05, 0) is 39.0 Å². The number of para-hydroxylation sites is 2. The summed E-state index contributed by atoms with van der Waals surface area (Å²) in [6.45, 7) is 5.92. The molecule has 3 rings (SSSR count). The number of methoxy groups -OCH3 is 1. The Morgan fingerprint density at radius 2 is 2.04 bits per heavy atom. The van der Waals surface area contributed by atoms with Crippen molar-refractivity contribution in [2.45, 2.75) is 26.8 Å². The van der Waals surface area contributed by atoms with Gasteiger partial charge in [0.15, 0.2) is 5.65 Å². The van der Waals surface area contributed by atoms with Gasteiger partial charge in [0.1, 0.15) is 5.75 Å². The van der Waals surface area contributed by atoms with Crippen LogP contribution in [0.2, 0.25) is 0 Å². The molecule has 3 aromatic rings. The van der Waals surface area contributed by atoms with Crippen molar-refractivity contribution in [2.24, 2.45) is 0 Å². The van der Waals surface area contributed by atoms with Crippen molar-refractivity contribution < 1.29 is 9.53 Å². The largest absolute Gasteiger partial charge is 0.495 e. The molecule has 0 aliphatic rings. The van der Waals surface area contributed by atoms with Crippen molar-refractivity contribution >= 4 is 22.6 Å². The number of carbonyl (C=O) groups is 1. The molecule has 124 valence electrons. The fourth-order valence-electron chi connectivity index (χ4n) is 2.61. The lowest BCUT2D eigenvalue weighted by Gasteiger charge is -2.12. The molecule has 0 bridgehead atoms. The number of fused-ring (bicyclic) bond motifs is 1. The van der Waals surface area contributed by atoms with Crippen LogP contribution in [0, 0.1) is 6.92 Å². The minimum absolute atomic E-state index is 0.211. The summed E-state index contributed by atoms with van der Waals surface area (Å²) in [5.74, 6) is 0.397. The van der Waals surface area contributed by atoms with E-state index in [-0.39, 0.29) is 11.9 Å². The Bertz CT molecular complexity index is 899. The number of aryl methyl sites for hydroxylation is 1. The minimum atomic E-state index is -0.219. The lowest BCUT2D eigenvalue weighted by molar-refractivity contribution is 0.102. The first kappa shape index (κ1) is 16.0. The van der Waals surface area contributed by atoms with Crippen LogP contribution in [-0.4, -0.2) is 27.8 Å². The molecular weight excluding hydrogens is 304 g/mol. The number of hydrogen-bond donors (Lipinski definition) is 1. The molecule has 2 heterocycles. The van der Waals surface area contributed by atoms with Gasteiger partial charge in [0.05, 0.1) is 30.3 Å². The molecule has 0 unspecified atom stereocenters. The number of anilines is 1. The van der Waals surface area contributed by atoms with Gasteiger partial charge in [-0.1, -0.05) is 12.1 Å². The van der Waals surface area contributed by atoms with E-state index in [0.29, 0.717) is 22.7 Å². The molecule has 6 heteroatoms. The molecule has 1 aromatic carbocycles. The van der Waals surface area contributed by atoms with Gasteiger partial charge in [0.2, 0.25) is 0 Å². The van der Waals surface area contributed by atoms with Crippen molar-refractivity contribution in [2.75, 3.05) is 12.4 Å². The maximum atomic E-state index is 12.7. The Hall–Kier alpha value is -2.89. The first-order valence-corrected chi connectivity index (χ1v) is 7.80. The van der Waals surface area contributed by atoms with Crippen LogP contribution in [0.1, 0.15) is 35.9 Å². The van der Waals surface area contributed by atoms with Gasteiger partial charge in [-0.15, -0.1) is 0 Å². The molecular formula is C18H20N4O2. The highest BCUT2D eigenvalue weighted by Gasteiger charge is 2.16. The zero-order valence-corrected chi connectivity index (χ0v) is 14.2. The molecule has 0 aliphatic carbocycles. The van der Waals surface area contributed by atoms with E-state index in [1.165, 1.54) is 0 Å². The van der Waals surface area contributed by atoms with E-state index < -0.39 is 0 Å². The van der Waals surface area contributed by atoms with Crippen LogP contribution < -0.4 is 10.1 Å². The molecule has 0 saturated carbocycles. The third-order valence-electron chi connectivity index (χ3n) is 3.85. The first-order valence-electron chi connectivity index (χ1n) is 7.80. The molecule has 0 saturated heterocycles. The number of rotatable bonds is 4. The van der Waals surface area contributed by atoms with Gasteiger partial charge < -0.3 is 10.1 Å². The topological polar surface area (TPSA) is 69.0 Å². The Balaban J connectivity index is 1.97. The second-order valence-corrected chi connectivity index (χ2v) is 5.87. The number of benzene rings is 1. The van der Waals surface area contributed by atoms with Gasteiger partial charge in [-0.3, -0.25) is 4.79 Å². The quantitative estimate of drug-likeness (QED) is 0.796. The number of nitrogens with one attached hydrogen (secondary N) is 1. The van der Waals surface area contributed by atoms with Crippen LogP contribution in [0.4, 0.5) is 5.69 Å². The fraction of sp³-hybridized carbons (Fsp3) is 0.278. The summed E-state index contributed by atoms with van der Waals surface area (Å²) in [5.41, 5.74) is 2.60. The van der Waals surface area contributed by atoms with Crippen LogP contribution in [0.15, 0.2) is 36.5 Å². The molecule has 0 spiro atoms. The van der Waals surface area contributed by atoms with Crippen LogP contribution in [0.25, 0.3) is 11.0 Å². The second-order valence-electron chi connectivity index (χ2n) is 5.87. The maximum absolute atomic E-state index is 12.7. The van der Waals surface area contributed by atoms with E-state index in [1.54, 1.807) is 25.4 Å². The van der Waals surface area contributed by atoms with Crippen molar-refractivity contribution in [3.63, 3.8) is 0 Å². The van der Waals surface area contributed by atoms with Gasteiger partial charge in [-0.25, -0.2) is 9.67 Å². The van der Waals surface area contributed by atoms with E-state index in [4.69, 9.17) is 4.74 Å². The molecule has 2 aromatic heterocycles. The van der Waals surface area contributed by atoms with Crippen LogP contribution >= 0.6 is 0 Å². The maximum Gasteiger partial charge on any atom is 0.257 e. The average molecular weight is 324 g/mol. The Morgan fingerprint density at radius 3 is 2.75 bits per heavy atom. The SMILES string of the molecule is COc1ccccc1NC(=O)c1cc2cnn(C(C)C)c2nc1C. The number of aromatic nitrogens is 3. The zero-order chi connectivity index (χ0) is 17.3. The van der Waals surface area contributed by atoms with E-state index in [0.717, 1.165) is 11.0 Å². The van der Waals surface area contributed by atoms with E-state index in [1.807, 2.05) is 43.7 Å². The van der Waals surface area contributed by atoms with Crippen molar-refractivity contribution in [3.8, 4) is 5.75 Å². The average Bonchev–Trinajstić information content (AvgIpc) is 2.97. The summed E-state index contributed by atoms with van der Waals surface area (Å²) < 4.78 is 7.12. The fourth-order valence-corrected chi connectivity index (χ4v) is 2.61. The minimum Gasteiger partial charge on any atom is -0.495 e. The second kappa shape index (κ2) is 6.31. The highest BCUT2D eigenvalue weighted by molar-refractivity contribution is 6.07. The Labute approximate surface area is 140 Å². The number of ether oxygens (including phenoxy) is 1. The molecule has 24 heavy (non-hydrogen) atoms. The number of hydrogen-bond acceptors (Lipinski definition) is 4. The summed E-state index contributed by atoms with van der Waals surface area (Å²) in [6, 6.07) is 9.34. The van der Waals surface area contributed by atoms with Crippen LogP contribution in [-0.2, 0) is 0 Å². The predicted octanol–water partition coefficient (Wildman–Crippen LogP) is 3.58. The summed E-state index contributed by atoms with van der Waals surface area (Å²) in [5, 5.41) is 8.08. The highest BCUT2D eigenvalue weighted by atomic mass is 16.5. The number of amides is 1. The van der Waals surface area contributed by atoms with E-state index in [2.05, 4.69) is 15.4 Å². The zero-order valence-electron chi connectivity index (χ0n) is 14.2. The Kier molecular flexibility index (Phi) is 4.20. The molecule has 0 fully saturated rings. The van der Waals surface area contributed by atoms with E-state index >= 15 is 0 Å². The lowest BCUT2D eigenvalue weighted by Crippen LogP contribution is -2.15. The van der Waals surface area contributed by atoms with Gasteiger partial charge >= 0.3 is 0 Å². The third kappa shape index (κ3) is 2.82. The van der Waals surface area contributed by atoms with Gasteiger partial charge in [0.25, 0.3) is 5.91 Å². The summed E-state index contributed by atoms with van der Waals surface area (Å²) >= 11 is 0. The van der Waals surface area contributed by atoms with Gasteiger partial charge in [0, 0.05) is 11.4 Å². The summed E-state index contributed by atoms with van der Waals surface area (Å²) in [7, 11) is 1.57. The van der Waals surface area contributed by atoms with Crippen molar-refractivity contribution in [3.05, 3.63) is 47.8 Å². The molecule has 0 radical (unpaired) electrons. The number of pyridine rings is 1. The first-order chi connectivity index (χ1) is 11.5. The summed E-state index contributed by atoms with van der Waals surface area (Å²) in [4.78, 5) is 17.2. The van der Waals surface area contributed by atoms with Gasteiger partial charge in [-0.2, -0.15) is 5.10 Å². The van der Waals surface area contributed by atoms with E-state index in [9.17, 15) is 4.79 Å². The smallest absolute Gasteiger partial charge is 0.257 e. The lowest BCUT2D eigenvalue weighted by atomic mass is 10.1. The summed E-state index contributed by atoms with van der Waals surface area (Å²) in [6.07, 6.45) is 1.74. The monoisotopic (exact) mass is 324 g/mol. The molecule has 1 N–H and O–H groups in total. The molecule has 1 amide bonds. The van der Waals surface area contributed by atoms with Crippen molar-refractivity contribution in [1.29, 1.82) is 0 Å². The normalized spacial score (nSPS) is 11.0. The number of nitrogens with zero attached hydrogens (tertiary/aromatic N) is 3. The highest BCUT2D eigenvalue weighted by Crippen LogP contribution is 2.25. The standard InChI is InChI=1S/C18H20N4O2/c1-11(2)22-17-13(10-19-22)9-14(12(3)20-17)18(23)21-15-7-5-6-8-16(15)24-4/h5-11H,1-4H3,(H,21,23). The predicted molar refractivity (Wildman–Crippen MR) is 93.6 cm³/mol. The molecule has 0 atom stereocenters. The number of carbonyl (C=O) groups excluding carboxylic acids is 1. The molecule has 6 nitrogen and oxygen atoms in total.